The van der Waals surface area contributed by atoms with Gasteiger partial charge in [-0.2, -0.15) is 0 Å². The van der Waals surface area contributed by atoms with E-state index >= 15 is 0 Å². The number of rotatable bonds is 2. The van der Waals surface area contributed by atoms with Crippen LogP contribution in [0.3, 0.4) is 0 Å². The lowest BCUT2D eigenvalue weighted by atomic mass is 9.76. The van der Waals surface area contributed by atoms with Crippen molar-refractivity contribution in [1.82, 2.24) is 0 Å². The average molecular weight is 353 g/mol. The van der Waals surface area contributed by atoms with Crippen molar-refractivity contribution in [3.05, 3.63) is 53.6 Å². The van der Waals surface area contributed by atoms with Gasteiger partial charge in [-0.1, -0.05) is 42.5 Å². The molecule has 1 fully saturated rings. The van der Waals surface area contributed by atoms with E-state index in [0.29, 0.717) is 0 Å². The molecule has 0 aliphatic carbocycles. The highest BCUT2D eigenvalue weighted by Crippen LogP contribution is 2.37. The van der Waals surface area contributed by atoms with E-state index in [1.54, 1.807) is 0 Å². The minimum Gasteiger partial charge on any atom is -0.399 e. The molecule has 1 amide bonds. The minimum absolute atomic E-state index is 0.250. The molecule has 0 spiro atoms. The first-order chi connectivity index (χ1) is 12.1. The zero-order valence-electron chi connectivity index (χ0n) is 16.5. The van der Waals surface area contributed by atoms with Crippen LogP contribution in [0, 0.1) is 13.8 Å². The number of hydrogen-bond donors (Lipinski definition) is 1. The molecule has 2 aromatic carbocycles. The second kappa shape index (κ2) is 7.64. The van der Waals surface area contributed by atoms with Crippen LogP contribution in [-0.2, 0) is 14.1 Å². The van der Waals surface area contributed by atoms with E-state index in [4.69, 9.17) is 14.1 Å². The van der Waals surface area contributed by atoms with Crippen LogP contribution in [0.1, 0.15) is 38.8 Å². The van der Waals surface area contributed by atoms with Crippen LogP contribution in [0.4, 0.5) is 0 Å². The summed E-state index contributed by atoms with van der Waals surface area (Å²) in [7, 11) is -0.318. The van der Waals surface area contributed by atoms with E-state index in [-0.39, 0.29) is 24.7 Å². The fourth-order valence-electron chi connectivity index (χ4n) is 2.92. The van der Waals surface area contributed by atoms with E-state index in [2.05, 4.69) is 83.7 Å². The first-order valence-electron chi connectivity index (χ1n) is 8.80. The zero-order valence-corrected chi connectivity index (χ0v) is 16.5. The quantitative estimate of drug-likeness (QED) is 0.665. The Balaban J connectivity index is 0.000000758. The topological polar surface area (TPSA) is 61.6 Å². The number of hydrogen-bond acceptors (Lipinski definition) is 3. The summed E-state index contributed by atoms with van der Waals surface area (Å²) >= 11 is 0. The van der Waals surface area contributed by atoms with Crippen LogP contribution < -0.4 is 11.2 Å². The molecule has 0 atom stereocenters. The molecule has 0 bridgehead atoms. The van der Waals surface area contributed by atoms with Crippen LogP contribution in [0.5, 0.6) is 0 Å². The number of amides is 1. The summed E-state index contributed by atoms with van der Waals surface area (Å²) in [4.78, 5) is 8.58. The molecular weight excluding hydrogens is 325 g/mol. The molecule has 26 heavy (non-hydrogen) atoms. The van der Waals surface area contributed by atoms with E-state index in [9.17, 15) is 0 Å². The Kier molecular flexibility index (Phi) is 5.94. The minimum atomic E-state index is -0.318. The van der Waals surface area contributed by atoms with Gasteiger partial charge in [0.05, 0.1) is 11.2 Å². The van der Waals surface area contributed by atoms with Gasteiger partial charge in [-0.05, 0) is 69.3 Å². The van der Waals surface area contributed by atoms with E-state index in [1.807, 2.05) is 6.07 Å². The van der Waals surface area contributed by atoms with Crippen molar-refractivity contribution < 1.29 is 14.1 Å². The van der Waals surface area contributed by atoms with Gasteiger partial charge < -0.3 is 15.0 Å². The molecule has 0 radical (unpaired) electrons. The van der Waals surface area contributed by atoms with Gasteiger partial charge in [0.15, 0.2) is 0 Å². The number of carbonyl (C=O) groups is 1. The van der Waals surface area contributed by atoms with Gasteiger partial charge in [0.2, 0.25) is 6.41 Å². The molecule has 0 saturated carbocycles. The molecule has 138 valence electrons. The Hall–Kier alpha value is -2.11. The molecule has 5 heteroatoms. The number of nitrogens with two attached hydrogens (primary N) is 1. The predicted molar refractivity (Wildman–Crippen MR) is 107 cm³/mol. The SMILES string of the molecule is Cc1cc(B2OC(C)(C)C(C)(C)O2)cc(-c2ccccc2)c1C.NC=O. The third kappa shape index (κ3) is 4.00. The maximum absolute atomic E-state index is 8.58. The van der Waals surface area contributed by atoms with E-state index in [1.165, 1.54) is 22.3 Å². The Labute approximate surface area is 156 Å². The summed E-state index contributed by atoms with van der Waals surface area (Å²) in [6.07, 6.45) is 0.250. The fraction of sp³-hybridized carbons (Fsp3) is 0.381. The number of benzene rings is 2. The van der Waals surface area contributed by atoms with Crippen molar-refractivity contribution in [2.24, 2.45) is 5.73 Å². The molecule has 1 saturated heterocycles. The highest BCUT2D eigenvalue weighted by atomic mass is 16.7. The summed E-state index contributed by atoms with van der Waals surface area (Å²) < 4.78 is 12.4. The van der Waals surface area contributed by atoms with Gasteiger partial charge >= 0.3 is 7.12 Å². The zero-order chi connectivity index (χ0) is 19.5. The highest BCUT2D eigenvalue weighted by Gasteiger charge is 2.51. The van der Waals surface area contributed by atoms with Crippen LogP contribution in [0.2, 0.25) is 0 Å². The molecule has 0 unspecified atom stereocenters. The predicted octanol–water partition coefficient (Wildman–Crippen LogP) is 3.37. The second-order valence-electron chi connectivity index (χ2n) is 7.60. The molecule has 1 aliphatic rings. The molecule has 0 aromatic heterocycles. The summed E-state index contributed by atoms with van der Waals surface area (Å²) in [6, 6.07) is 14.9. The van der Waals surface area contributed by atoms with Gasteiger partial charge in [-0.25, -0.2) is 0 Å². The monoisotopic (exact) mass is 353 g/mol. The summed E-state index contributed by atoms with van der Waals surface area (Å²) in [6.45, 7) is 12.7. The number of primary amides is 1. The Morgan fingerprint density at radius 1 is 0.962 bits per heavy atom. The Morgan fingerprint density at radius 3 is 1.96 bits per heavy atom. The average Bonchev–Trinajstić information content (AvgIpc) is 2.79. The normalized spacial score (nSPS) is 17.4. The van der Waals surface area contributed by atoms with E-state index in [0.717, 1.165) is 5.46 Å². The first-order valence-corrected chi connectivity index (χ1v) is 8.80. The Morgan fingerprint density at radius 2 is 1.46 bits per heavy atom. The molecule has 3 rings (SSSR count). The molecule has 2 N–H and O–H groups in total. The maximum Gasteiger partial charge on any atom is 0.494 e. The van der Waals surface area contributed by atoms with Crippen molar-refractivity contribution in [1.29, 1.82) is 0 Å². The molecule has 2 aromatic rings. The van der Waals surface area contributed by atoms with Crippen LogP contribution in [-0.4, -0.2) is 24.7 Å². The standard InChI is InChI=1S/C20H25BO2.CH3NO/c1-14-12-17(21-22-19(3,4)20(5,6)23-21)13-18(15(14)2)16-10-8-7-9-11-16;2-1-3/h7-13H,1-6H3;1H,(H2,2,3). The third-order valence-electron chi connectivity index (χ3n) is 5.30. The van der Waals surface area contributed by atoms with Crippen molar-refractivity contribution in [2.75, 3.05) is 0 Å². The summed E-state index contributed by atoms with van der Waals surface area (Å²) in [5.41, 5.74) is 9.66. The molecule has 4 nitrogen and oxygen atoms in total. The van der Waals surface area contributed by atoms with Gasteiger partial charge in [0.25, 0.3) is 0 Å². The Bertz CT molecular complexity index is 756. The maximum atomic E-state index is 8.58. The lowest BCUT2D eigenvalue weighted by Crippen LogP contribution is -2.41. The largest absolute Gasteiger partial charge is 0.494 e. The third-order valence-corrected chi connectivity index (χ3v) is 5.30. The highest BCUT2D eigenvalue weighted by molar-refractivity contribution is 6.62. The summed E-state index contributed by atoms with van der Waals surface area (Å²) in [5, 5.41) is 0. The fourth-order valence-corrected chi connectivity index (χ4v) is 2.92. The molecule has 1 aliphatic heterocycles. The number of carbonyl (C=O) groups excluding carboxylic acids is 1. The van der Waals surface area contributed by atoms with Crippen LogP contribution in [0.25, 0.3) is 11.1 Å². The first kappa shape index (κ1) is 20.2. The van der Waals surface area contributed by atoms with Crippen molar-refractivity contribution in [3.63, 3.8) is 0 Å². The van der Waals surface area contributed by atoms with Gasteiger partial charge in [0, 0.05) is 0 Å². The van der Waals surface area contributed by atoms with E-state index < -0.39 is 0 Å². The van der Waals surface area contributed by atoms with Crippen LogP contribution in [0.15, 0.2) is 42.5 Å². The smallest absolute Gasteiger partial charge is 0.399 e. The van der Waals surface area contributed by atoms with Crippen molar-refractivity contribution in [2.45, 2.75) is 52.7 Å². The van der Waals surface area contributed by atoms with Gasteiger partial charge in [0.1, 0.15) is 0 Å². The molecule has 1 heterocycles. The number of aryl methyl sites for hydroxylation is 1. The van der Waals surface area contributed by atoms with Crippen LogP contribution >= 0.6 is 0 Å². The van der Waals surface area contributed by atoms with Gasteiger partial charge in [-0.3, -0.25) is 4.79 Å². The lowest BCUT2D eigenvalue weighted by molar-refractivity contribution is -0.106. The second-order valence-corrected chi connectivity index (χ2v) is 7.60. The van der Waals surface area contributed by atoms with Gasteiger partial charge in [-0.15, -0.1) is 0 Å². The molecular formula is C21H28BNO3. The lowest BCUT2D eigenvalue weighted by Gasteiger charge is -2.32. The van der Waals surface area contributed by atoms with Crippen molar-refractivity contribution >= 4 is 19.0 Å². The van der Waals surface area contributed by atoms with Crippen molar-refractivity contribution in [3.8, 4) is 11.1 Å². The summed E-state index contributed by atoms with van der Waals surface area (Å²) in [5.74, 6) is 0.